The van der Waals surface area contributed by atoms with E-state index in [1.807, 2.05) is 39.3 Å². The first-order chi connectivity index (χ1) is 16.4. The summed E-state index contributed by atoms with van der Waals surface area (Å²) in [6.07, 6.45) is 4.59. The topological polar surface area (TPSA) is 80.1 Å². The Kier molecular flexibility index (Phi) is 5.18. The monoisotopic (exact) mass is 577 g/mol. The third kappa shape index (κ3) is 3.35. The molecular weight excluding hydrogens is 555 g/mol. The van der Waals surface area contributed by atoms with Crippen molar-refractivity contribution < 1.29 is 23.4 Å². The van der Waals surface area contributed by atoms with Crippen molar-refractivity contribution in [1.82, 2.24) is 14.8 Å². The van der Waals surface area contributed by atoms with Gasteiger partial charge in [0.25, 0.3) is 0 Å². The van der Waals surface area contributed by atoms with Crippen LogP contribution in [-0.4, -0.2) is 42.5 Å². The number of rotatable bonds is 4. The first-order valence-electron chi connectivity index (χ1n) is 11.3. The first-order valence-corrected chi connectivity index (χ1v) is 12.4. The summed E-state index contributed by atoms with van der Waals surface area (Å²) in [5.74, 6) is -2.49. The second-order valence-electron chi connectivity index (χ2n) is 9.35. The number of carbonyl (C=O) groups is 1. The molecule has 0 bridgehead atoms. The molecule has 176 valence electrons. The number of carboxylic acids is 1. The Bertz CT molecular complexity index is 1430. The predicted octanol–water partition coefficient (Wildman–Crippen LogP) is 5.81. The lowest BCUT2D eigenvalue weighted by molar-refractivity contribution is -0.141. The maximum absolute atomic E-state index is 14.4. The number of hydrogen-bond donors (Lipinski definition) is 2. The minimum atomic E-state index is -0.906. The molecule has 1 aliphatic heterocycles. The summed E-state index contributed by atoms with van der Waals surface area (Å²) in [6.45, 7) is 1.23. The summed E-state index contributed by atoms with van der Waals surface area (Å²) >= 11 is 2.05. The van der Waals surface area contributed by atoms with Crippen LogP contribution in [0.4, 0.5) is 8.78 Å². The predicted molar refractivity (Wildman–Crippen MR) is 132 cm³/mol. The van der Waals surface area contributed by atoms with Crippen LogP contribution < -0.4 is 0 Å². The van der Waals surface area contributed by atoms with Gasteiger partial charge in [-0.15, -0.1) is 0 Å². The highest BCUT2D eigenvalue weighted by Gasteiger charge is 2.50. The lowest BCUT2D eigenvalue weighted by atomic mass is 9.69. The molecule has 2 aromatic heterocycles. The summed E-state index contributed by atoms with van der Waals surface area (Å²) in [4.78, 5) is 11.8. The van der Waals surface area contributed by atoms with Crippen molar-refractivity contribution in [2.45, 2.75) is 40.9 Å². The van der Waals surface area contributed by atoms with Crippen molar-refractivity contribution in [2.75, 3.05) is 13.2 Å². The Morgan fingerprint density at radius 1 is 1.21 bits per heavy atom. The molecule has 9 heteroatoms. The van der Waals surface area contributed by atoms with Gasteiger partial charge >= 0.3 is 5.97 Å². The standard InChI is InChI=1S/C25H22F2IN3O3/c26-18-4-3-16(7-19(18)27)31-21-6-14-11-29-30-20(14)8-17(21)22(15-9-25(28,10-15)24(32)33)23(31)13-2-1-5-34-12-13/h3-4,6-8,11,13,15H,1-2,5,9-10,12H2,(H,29,30)(H,32,33)/t13?,15-,25-. The van der Waals surface area contributed by atoms with E-state index in [4.69, 9.17) is 4.74 Å². The molecule has 0 spiro atoms. The fourth-order valence-corrected chi connectivity index (χ4v) is 6.62. The molecule has 6 nitrogen and oxygen atoms in total. The highest BCUT2D eigenvalue weighted by atomic mass is 127. The number of alkyl halides is 1. The highest BCUT2D eigenvalue weighted by Crippen LogP contribution is 2.55. The molecular formula is C25H22F2IN3O3. The zero-order valence-corrected chi connectivity index (χ0v) is 20.3. The molecule has 34 heavy (non-hydrogen) atoms. The first kappa shape index (κ1) is 22.0. The van der Waals surface area contributed by atoms with Gasteiger partial charge in [0.15, 0.2) is 11.6 Å². The molecule has 4 aromatic rings. The molecule has 2 fully saturated rings. The third-order valence-corrected chi connectivity index (χ3v) is 8.59. The zero-order valence-electron chi connectivity index (χ0n) is 18.2. The number of aliphatic carboxylic acids is 1. The summed E-state index contributed by atoms with van der Waals surface area (Å²) < 4.78 is 35.3. The van der Waals surface area contributed by atoms with Crippen LogP contribution >= 0.6 is 22.6 Å². The number of H-pyrrole nitrogens is 1. The van der Waals surface area contributed by atoms with E-state index in [-0.39, 0.29) is 11.8 Å². The molecule has 1 saturated carbocycles. The van der Waals surface area contributed by atoms with Crippen LogP contribution in [0.25, 0.3) is 27.5 Å². The molecule has 2 N–H and O–H groups in total. The van der Waals surface area contributed by atoms with Crippen LogP contribution in [0.1, 0.15) is 48.8 Å². The highest BCUT2D eigenvalue weighted by molar-refractivity contribution is 14.1. The van der Waals surface area contributed by atoms with Crippen LogP contribution in [0.5, 0.6) is 0 Å². The minimum Gasteiger partial charge on any atom is -0.480 e. The van der Waals surface area contributed by atoms with E-state index in [0.29, 0.717) is 31.7 Å². The number of ether oxygens (including phenoxy) is 1. The number of benzene rings is 2. The van der Waals surface area contributed by atoms with Gasteiger partial charge < -0.3 is 14.4 Å². The quantitative estimate of drug-likeness (QED) is 0.237. The molecule has 2 aromatic carbocycles. The van der Waals surface area contributed by atoms with Crippen molar-refractivity contribution >= 4 is 50.4 Å². The molecule has 1 saturated heterocycles. The number of nitrogens with zero attached hydrogens (tertiary/aromatic N) is 2. The number of hydrogen-bond acceptors (Lipinski definition) is 3. The maximum atomic E-state index is 14.4. The molecule has 0 amide bonds. The fourth-order valence-electron chi connectivity index (χ4n) is 5.56. The number of carboxylic acid groups (broad SMARTS) is 1. The van der Waals surface area contributed by atoms with Gasteiger partial charge in [0.05, 0.1) is 23.8 Å². The number of aromatic nitrogens is 3. The Morgan fingerprint density at radius 2 is 2.03 bits per heavy atom. The Labute approximate surface area is 207 Å². The van der Waals surface area contributed by atoms with Gasteiger partial charge in [-0.05, 0) is 61.4 Å². The van der Waals surface area contributed by atoms with E-state index in [0.717, 1.165) is 52.0 Å². The number of fused-ring (bicyclic) bond motifs is 2. The lowest BCUT2D eigenvalue weighted by Gasteiger charge is -2.41. The van der Waals surface area contributed by atoms with E-state index in [9.17, 15) is 18.7 Å². The summed E-state index contributed by atoms with van der Waals surface area (Å²) in [5.41, 5.74) is 4.38. The molecule has 2 aliphatic rings. The van der Waals surface area contributed by atoms with E-state index >= 15 is 0 Å². The normalized spacial score (nSPS) is 25.0. The lowest BCUT2D eigenvalue weighted by Crippen LogP contribution is -2.44. The van der Waals surface area contributed by atoms with Gasteiger partial charge in [0, 0.05) is 40.7 Å². The van der Waals surface area contributed by atoms with E-state index in [1.54, 1.807) is 12.3 Å². The van der Waals surface area contributed by atoms with Crippen molar-refractivity contribution in [1.29, 1.82) is 0 Å². The van der Waals surface area contributed by atoms with Gasteiger partial charge in [-0.2, -0.15) is 5.10 Å². The van der Waals surface area contributed by atoms with Crippen LogP contribution in [0.15, 0.2) is 36.5 Å². The van der Waals surface area contributed by atoms with E-state index in [2.05, 4.69) is 10.2 Å². The molecule has 1 atom stereocenters. The van der Waals surface area contributed by atoms with Gasteiger partial charge in [-0.25, -0.2) is 8.78 Å². The van der Waals surface area contributed by atoms with E-state index in [1.165, 1.54) is 6.07 Å². The van der Waals surface area contributed by atoms with Crippen LogP contribution in [0.2, 0.25) is 0 Å². The Hall–Kier alpha value is -2.53. The molecule has 1 aliphatic carbocycles. The average molecular weight is 577 g/mol. The molecule has 3 heterocycles. The zero-order chi connectivity index (χ0) is 23.6. The summed E-state index contributed by atoms with van der Waals surface area (Å²) in [6, 6.07) is 8.03. The summed E-state index contributed by atoms with van der Waals surface area (Å²) in [5, 5.41) is 18.8. The second kappa shape index (κ2) is 8.01. The van der Waals surface area contributed by atoms with Crippen LogP contribution in [0, 0.1) is 11.6 Å². The van der Waals surface area contributed by atoms with Gasteiger partial charge in [-0.1, -0.05) is 22.6 Å². The van der Waals surface area contributed by atoms with Crippen molar-refractivity contribution in [2.24, 2.45) is 0 Å². The Morgan fingerprint density at radius 3 is 2.74 bits per heavy atom. The third-order valence-electron chi connectivity index (χ3n) is 7.24. The smallest absolute Gasteiger partial charge is 0.319 e. The van der Waals surface area contributed by atoms with Crippen LogP contribution in [0.3, 0.4) is 0 Å². The van der Waals surface area contributed by atoms with Crippen molar-refractivity contribution in [3.8, 4) is 5.69 Å². The average Bonchev–Trinajstić information content (AvgIpc) is 3.39. The molecule has 6 rings (SSSR count). The number of halogens is 3. The minimum absolute atomic E-state index is 0.0411. The number of aromatic amines is 1. The van der Waals surface area contributed by atoms with E-state index < -0.39 is 21.0 Å². The maximum Gasteiger partial charge on any atom is 0.319 e. The van der Waals surface area contributed by atoms with Gasteiger partial charge in [-0.3, -0.25) is 9.89 Å². The van der Waals surface area contributed by atoms with Gasteiger partial charge in [0.1, 0.15) is 3.42 Å². The SMILES string of the molecule is O=C(O)[C@]1(I)C[C@H](c2c(C3CCCOC3)n(-c3ccc(F)c(F)c3)c3cc4cn[nH]c4cc32)C1. The van der Waals surface area contributed by atoms with Crippen molar-refractivity contribution in [3.05, 3.63) is 59.4 Å². The van der Waals surface area contributed by atoms with Crippen molar-refractivity contribution in [3.63, 3.8) is 0 Å². The van der Waals surface area contributed by atoms with Crippen LogP contribution in [-0.2, 0) is 9.53 Å². The number of nitrogens with one attached hydrogen (secondary N) is 1. The summed E-state index contributed by atoms with van der Waals surface area (Å²) in [7, 11) is 0. The largest absolute Gasteiger partial charge is 0.480 e. The second-order valence-corrected chi connectivity index (χ2v) is 11.4. The Balaban J connectivity index is 1.65. The molecule has 0 radical (unpaired) electrons. The fraction of sp³-hybridized carbons (Fsp3) is 0.360. The molecule has 1 unspecified atom stereocenters. The van der Waals surface area contributed by atoms with Gasteiger partial charge in [0.2, 0.25) is 0 Å².